The van der Waals surface area contributed by atoms with E-state index in [1.807, 2.05) is 6.19 Å². The maximum Gasteiger partial charge on any atom is 0.176 e. The van der Waals surface area contributed by atoms with Gasteiger partial charge in [0.25, 0.3) is 0 Å². The number of rotatable bonds is 5. The number of nitrogens with zero attached hydrogens (tertiary/aromatic N) is 1. The molecule has 0 heterocycles. The SMILES string of the molecule is CC(C)(CN)CCCNC#N. The molecular formula is C8H17N3. The van der Waals surface area contributed by atoms with Crippen LogP contribution >= 0.6 is 0 Å². The zero-order valence-electron chi connectivity index (χ0n) is 7.35. The monoisotopic (exact) mass is 155 g/mol. The highest BCUT2D eigenvalue weighted by atomic mass is 14.8. The number of nitrogens with one attached hydrogen (secondary N) is 1. The molecule has 0 saturated carbocycles. The second-order valence-corrected chi connectivity index (χ2v) is 3.51. The molecule has 0 radical (unpaired) electrons. The summed E-state index contributed by atoms with van der Waals surface area (Å²) in [6.07, 6.45) is 3.97. The van der Waals surface area contributed by atoms with Crippen molar-refractivity contribution < 1.29 is 0 Å². The van der Waals surface area contributed by atoms with Crippen LogP contribution < -0.4 is 11.1 Å². The third-order valence-electron chi connectivity index (χ3n) is 1.79. The van der Waals surface area contributed by atoms with Crippen LogP contribution in [-0.2, 0) is 0 Å². The molecule has 0 amide bonds. The van der Waals surface area contributed by atoms with Gasteiger partial charge in [0.05, 0.1) is 0 Å². The number of nitrogens with two attached hydrogens (primary N) is 1. The molecule has 0 bridgehead atoms. The van der Waals surface area contributed by atoms with Gasteiger partial charge in [-0.15, -0.1) is 0 Å². The van der Waals surface area contributed by atoms with Gasteiger partial charge in [-0.2, -0.15) is 5.26 Å². The molecule has 0 aromatic heterocycles. The largest absolute Gasteiger partial charge is 0.330 e. The molecule has 0 saturated heterocycles. The predicted molar refractivity (Wildman–Crippen MR) is 45.7 cm³/mol. The van der Waals surface area contributed by atoms with E-state index in [4.69, 9.17) is 11.0 Å². The molecule has 0 spiro atoms. The van der Waals surface area contributed by atoms with Crippen molar-refractivity contribution in [2.45, 2.75) is 26.7 Å². The van der Waals surface area contributed by atoms with Crippen LogP contribution in [0.25, 0.3) is 0 Å². The highest BCUT2D eigenvalue weighted by Crippen LogP contribution is 2.19. The summed E-state index contributed by atoms with van der Waals surface area (Å²) in [6, 6.07) is 0. The molecule has 3 nitrogen and oxygen atoms in total. The van der Waals surface area contributed by atoms with Crippen LogP contribution in [0.5, 0.6) is 0 Å². The first kappa shape index (κ1) is 10.2. The van der Waals surface area contributed by atoms with E-state index in [9.17, 15) is 0 Å². The molecule has 0 fully saturated rings. The van der Waals surface area contributed by atoms with Crippen LogP contribution in [0.2, 0.25) is 0 Å². The van der Waals surface area contributed by atoms with E-state index in [0.717, 1.165) is 19.4 Å². The summed E-state index contributed by atoms with van der Waals surface area (Å²) in [5, 5.41) is 10.8. The molecule has 64 valence electrons. The van der Waals surface area contributed by atoms with Gasteiger partial charge in [-0.05, 0) is 24.8 Å². The topological polar surface area (TPSA) is 61.8 Å². The minimum Gasteiger partial charge on any atom is -0.330 e. The van der Waals surface area contributed by atoms with Gasteiger partial charge < -0.3 is 11.1 Å². The van der Waals surface area contributed by atoms with E-state index in [1.54, 1.807) is 0 Å². The number of hydrogen-bond donors (Lipinski definition) is 2. The normalized spacial score (nSPS) is 10.7. The van der Waals surface area contributed by atoms with Gasteiger partial charge in [0, 0.05) is 6.54 Å². The van der Waals surface area contributed by atoms with Crippen molar-refractivity contribution in [2.75, 3.05) is 13.1 Å². The van der Waals surface area contributed by atoms with Crippen molar-refractivity contribution in [3.8, 4) is 6.19 Å². The number of hydrogen-bond acceptors (Lipinski definition) is 3. The molecular weight excluding hydrogens is 138 g/mol. The Morgan fingerprint density at radius 2 is 2.18 bits per heavy atom. The van der Waals surface area contributed by atoms with Gasteiger partial charge in [-0.25, -0.2) is 0 Å². The quantitative estimate of drug-likeness (QED) is 0.351. The van der Waals surface area contributed by atoms with Crippen LogP contribution in [-0.4, -0.2) is 13.1 Å². The van der Waals surface area contributed by atoms with Crippen molar-refractivity contribution in [2.24, 2.45) is 11.1 Å². The summed E-state index contributed by atoms with van der Waals surface area (Å²) in [7, 11) is 0. The van der Waals surface area contributed by atoms with Gasteiger partial charge in [0.15, 0.2) is 6.19 Å². The lowest BCUT2D eigenvalue weighted by atomic mass is 9.88. The van der Waals surface area contributed by atoms with Crippen LogP contribution in [0.1, 0.15) is 26.7 Å². The molecule has 0 aliphatic carbocycles. The van der Waals surface area contributed by atoms with Gasteiger partial charge >= 0.3 is 0 Å². The molecule has 0 rings (SSSR count). The lowest BCUT2D eigenvalue weighted by molar-refractivity contribution is 0.337. The van der Waals surface area contributed by atoms with Crippen molar-refractivity contribution >= 4 is 0 Å². The van der Waals surface area contributed by atoms with E-state index in [0.29, 0.717) is 6.54 Å². The van der Waals surface area contributed by atoms with Crippen LogP contribution in [0.3, 0.4) is 0 Å². The van der Waals surface area contributed by atoms with Gasteiger partial charge in [-0.1, -0.05) is 13.8 Å². The average molecular weight is 155 g/mol. The summed E-state index contributed by atoms with van der Waals surface area (Å²) >= 11 is 0. The molecule has 3 N–H and O–H groups in total. The molecule has 0 aliphatic heterocycles. The summed E-state index contributed by atoms with van der Waals surface area (Å²) in [5.74, 6) is 0. The minimum atomic E-state index is 0.219. The van der Waals surface area contributed by atoms with Crippen molar-refractivity contribution in [3.05, 3.63) is 0 Å². The predicted octanol–water partition coefficient (Wildman–Crippen LogP) is 0.822. The Labute approximate surface area is 68.6 Å². The zero-order valence-corrected chi connectivity index (χ0v) is 7.35. The second kappa shape index (κ2) is 4.97. The Bertz CT molecular complexity index is 135. The first-order chi connectivity index (χ1) is 5.12. The standard InChI is InChI=1S/C8H17N3/c1-8(2,6-9)4-3-5-11-7-10/h11H,3-6,9H2,1-2H3. The first-order valence-electron chi connectivity index (χ1n) is 3.94. The van der Waals surface area contributed by atoms with Crippen molar-refractivity contribution in [3.63, 3.8) is 0 Å². The van der Waals surface area contributed by atoms with Crippen molar-refractivity contribution in [1.29, 1.82) is 5.26 Å². The smallest absolute Gasteiger partial charge is 0.176 e. The molecule has 11 heavy (non-hydrogen) atoms. The second-order valence-electron chi connectivity index (χ2n) is 3.51. The molecule has 0 aliphatic rings. The lowest BCUT2D eigenvalue weighted by Gasteiger charge is -2.21. The fourth-order valence-electron chi connectivity index (χ4n) is 0.813. The van der Waals surface area contributed by atoms with E-state index in [-0.39, 0.29) is 5.41 Å². The molecule has 3 heteroatoms. The average Bonchev–Trinajstić information content (AvgIpc) is 1.99. The molecule has 0 atom stereocenters. The van der Waals surface area contributed by atoms with E-state index < -0.39 is 0 Å². The van der Waals surface area contributed by atoms with E-state index >= 15 is 0 Å². The fourth-order valence-corrected chi connectivity index (χ4v) is 0.813. The van der Waals surface area contributed by atoms with Gasteiger partial charge in [-0.3, -0.25) is 0 Å². The van der Waals surface area contributed by atoms with Crippen LogP contribution in [0.15, 0.2) is 0 Å². The molecule has 0 aromatic carbocycles. The highest BCUT2D eigenvalue weighted by Gasteiger charge is 2.13. The summed E-state index contributed by atoms with van der Waals surface area (Å²) in [6.45, 7) is 5.75. The lowest BCUT2D eigenvalue weighted by Crippen LogP contribution is -2.24. The minimum absolute atomic E-state index is 0.219. The Hall–Kier alpha value is -0.750. The molecule has 0 unspecified atom stereocenters. The van der Waals surface area contributed by atoms with Crippen molar-refractivity contribution in [1.82, 2.24) is 5.32 Å². The van der Waals surface area contributed by atoms with Gasteiger partial charge in [0.2, 0.25) is 0 Å². The summed E-state index contributed by atoms with van der Waals surface area (Å²) < 4.78 is 0. The molecule has 0 aromatic rings. The first-order valence-corrected chi connectivity index (χ1v) is 3.94. The maximum absolute atomic E-state index is 8.17. The Kier molecular flexibility index (Phi) is 4.64. The summed E-state index contributed by atoms with van der Waals surface area (Å²) in [4.78, 5) is 0. The fraction of sp³-hybridized carbons (Fsp3) is 0.875. The maximum atomic E-state index is 8.17. The Morgan fingerprint density at radius 1 is 1.55 bits per heavy atom. The van der Waals surface area contributed by atoms with Gasteiger partial charge in [0.1, 0.15) is 0 Å². The summed E-state index contributed by atoms with van der Waals surface area (Å²) in [5.41, 5.74) is 5.75. The zero-order chi connectivity index (χ0) is 8.74. The van der Waals surface area contributed by atoms with Crippen LogP contribution in [0, 0.1) is 16.9 Å². The Balaban J connectivity index is 3.32. The van der Waals surface area contributed by atoms with E-state index in [1.165, 1.54) is 0 Å². The van der Waals surface area contributed by atoms with E-state index in [2.05, 4.69) is 19.2 Å². The highest BCUT2D eigenvalue weighted by molar-refractivity contribution is 4.71. The Morgan fingerprint density at radius 3 is 2.64 bits per heavy atom. The number of nitriles is 1. The third kappa shape index (κ3) is 5.68. The van der Waals surface area contributed by atoms with Crippen LogP contribution in [0.4, 0.5) is 0 Å². The third-order valence-corrected chi connectivity index (χ3v) is 1.79.